The van der Waals surface area contributed by atoms with Crippen LogP contribution in [-0.4, -0.2) is 9.13 Å². The lowest BCUT2D eigenvalue weighted by Gasteiger charge is -2.17. The van der Waals surface area contributed by atoms with Crippen LogP contribution in [0.5, 0.6) is 0 Å². The van der Waals surface area contributed by atoms with Gasteiger partial charge in [0, 0.05) is 64.0 Å². The Bertz CT molecular complexity index is 3690. The summed E-state index contributed by atoms with van der Waals surface area (Å²) in [6.07, 6.45) is 6.52. The number of nitrogens with zero attached hydrogens (tertiary/aromatic N) is 2. The molecule has 0 aliphatic rings. The average Bonchev–Trinajstić information content (AvgIpc) is 3.94. The zero-order valence-corrected chi connectivity index (χ0v) is 32.7. The van der Waals surface area contributed by atoms with Gasteiger partial charge in [0.05, 0.1) is 22.2 Å². The van der Waals surface area contributed by atoms with E-state index >= 15 is 0 Å². The molecule has 272 valence electrons. The van der Waals surface area contributed by atoms with Crippen molar-refractivity contribution in [3.63, 3.8) is 0 Å². The van der Waals surface area contributed by atoms with Crippen LogP contribution in [0.2, 0.25) is 0 Å². The topological polar surface area (TPSA) is 9.86 Å². The first-order valence-corrected chi connectivity index (χ1v) is 20.7. The number of hydrogen-bond acceptors (Lipinski definition) is 1. The van der Waals surface area contributed by atoms with E-state index in [-0.39, 0.29) is 0 Å². The first-order chi connectivity index (χ1) is 28.7. The molecule has 12 rings (SSSR count). The number of allylic oxidation sites excluding steroid dienone is 1. The van der Waals surface area contributed by atoms with Crippen LogP contribution in [0.4, 0.5) is 0 Å². The van der Waals surface area contributed by atoms with E-state index < -0.39 is 0 Å². The fourth-order valence-corrected chi connectivity index (χ4v) is 11.0. The Morgan fingerprint density at radius 3 is 1.71 bits per heavy atom. The third-order valence-corrected chi connectivity index (χ3v) is 13.3. The summed E-state index contributed by atoms with van der Waals surface area (Å²) in [5, 5.41) is 13.9. The maximum absolute atomic E-state index is 4.51. The van der Waals surface area contributed by atoms with Crippen LogP contribution >= 0.6 is 11.3 Å². The fourth-order valence-electron chi connectivity index (χ4n) is 9.82. The summed E-state index contributed by atoms with van der Waals surface area (Å²) in [7, 11) is 0. The molecule has 0 unspecified atom stereocenters. The highest BCUT2D eigenvalue weighted by atomic mass is 32.1. The Morgan fingerprint density at radius 2 is 1.00 bits per heavy atom. The number of thiophene rings is 1. The van der Waals surface area contributed by atoms with Gasteiger partial charge < -0.3 is 9.13 Å². The van der Waals surface area contributed by atoms with Crippen molar-refractivity contribution in [1.82, 2.24) is 9.13 Å². The first-order valence-electron chi connectivity index (χ1n) is 19.9. The first kappa shape index (κ1) is 33.0. The SMILES string of the molecule is C=Cc1c(/C=C\C)c2c3c4ccccc4c4ccccc4c3c3c4ccccc4n(-c4ccc5c(c4)sc4ccccc45)c3c2n1-c1ccc(-c2ccccc2)cc1. The van der Waals surface area contributed by atoms with E-state index in [1.165, 1.54) is 102 Å². The monoisotopic (exact) mass is 756 g/mol. The van der Waals surface area contributed by atoms with Crippen molar-refractivity contribution in [2.24, 2.45) is 0 Å². The van der Waals surface area contributed by atoms with Crippen molar-refractivity contribution >= 4 is 109 Å². The third kappa shape index (κ3) is 4.54. The van der Waals surface area contributed by atoms with E-state index in [4.69, 9.17) is 0 Å². The summed E-state index contributed by atoms with van der Waals surface area (Å²) in [5.74, 6) is 0. The predicted molar refractivity (Wildman–Crippen MR) is 253 cm³/mol. The standard InChI is InChI=1S/C55H36N2S/c1-3-16-44-46(4-2)56(36-29-27-35(28-30-36)34-17-6-5-7-18-34)54-52(44)50-42-22-10-8-19-38(42)39-20-9-11-23-43(39)51(50)53-45-24-12-14-25-47(45)57(55(53)54)37-31-32-41-40-21-13-15-26-48(40)58-49(41)33-37/h3-33H,2H2,1H3/b16-3-. The van der Waals surface area contributed by atoms with Crippen LogP contribution in [-0.2, 0) is 0 Å². The van der Waals surface area contributed by atoms with Crippen LogP contribution in [0.1, 0.15) is 18.2 Å². The molecule has 0 fully saturated rings. The Labute approximate surface area is 339 Å². The van der Waals surface area contributed by atoms with Crippen molar-refractivity contribution < 1.29 is 0 Å². The van der Waals surface area contributed by atoms with Gasteiger partial charge in [0.25, 0.3) is 0 Å². The van der Waals surface area contributed by atoms with Gasteiger partial charge in [0.1, 0.15) is 0 Å². The zero-order chi connectivity index (χ0) is 38.5. The minimum Gasteiger partial charge on any atom is -0.307 e. The van der Waals surface area contributed by atoms with Crippen molar-refractivity contribution in [2.45, 2.75) is 6.92 Å². The highest BCUT2D eigenvalue weighted by molar-refractivity contribution is 7.25. The summed E-state index contributed by atoms with van der Waals surface area (Å²) in [6.45, 7) is 6.63. The second kappa shape index (κ2) is 12.7. The minimum absolute atomic E-state index is 1.07. The maximum Gasteiger partial charge on any atom is 0.0795 e. The second-order valence-corrected chi connectivity index (χ2v) is 16.3. The van der Waals surface area contributed by atoms with Crippen molar-refractivity contribution in [3.05, 3.63) is 194 Å². The van der Waals surface area contributed by atoms with E-state index in [0.29, 0.717) is 0 Å². The molecule has 0 saturated heterocycles. The van der Waals surface area contributed by atoms with Gasteiger partial charge in [0.2, 0.25) is 0 Å². The number of para-hydroxylation sites is 1. The summed E-state index contributed by atoms with van der Waals surface area (Å²) < 4.78 is 7.61. The van der Waals surface area contributed by atoms with Crippen molar-refractivity contribution in [2.75, 3.05) is 0 Å². The van der Waals surface area contributed by atoms with E-state index in [1.807, 2.05) is 11.3 Å². The third-order valence-electron chi connectivity index (χ3n) is 12.2. The molecule has 2 nitrogen and oxygen atoms in total. The molecule has 3 heteroatoms. The van der Waals surface area contributed by atoms with Crippen LogP contribution in [0.25, 0.3) is 120 Å². The van der Waals surface area contributed by atoms with Crippen LogP contribution in [0, 0.1) is 0 Å². The number of benzene rings is 9. The molecule has 3 heterocycles. The number of aromatic nitrogens is 2. The molecule has 0 atom stereocenters. The van der Waals surface area contributed by atoms with Gasteiger partial charge in [-0.05, 0) is 82.1 Å². The van der Waals surface area contributed by atoms with Gasteiger partial charge in [-0.2, -0.15) is 0 Å². The quantitative estimate of drug-likeness (QED) is 0.155. The van der Waals surface area contributed by atoms with Gasteiger partial charge in [-0.3, -0.25) is 0 Å². The fraction of sp³-hybridized carbons (Fsp3) is 0.0182. The summed E-state index contributed by atoms with van der Waals surface area (Å²) in [6, 6.07) is 62.5. The molecule has 0 aliphatic heterocycles. The highest BCUT2D eigenvalue weighted by Gasteiger charge is 2.28. The zero-order valence-electron chi connectivity index (χ0n) is 31.9. The van der Waals surface area contributed by atoms with Gasteiger partial charge in [-0.15, -0.1) is 11.3 Å². The smallest absolute Gasteiger partial charge is 0.0795 e. The lowest BCUT2D eigenvalue weighted by Crippen LogP contribution is -2.01. The number of rotatable bonds is 5. The highest BCUT2D eigenvalue weighted by Crippen LogP contribution is 2.51. The van der Waals surface area contributed by atoms with Crippen molar-refractivity contribution in [1.29, 1.82) is 0 Å². The van der Waals surface area contributed by atoms with Crippen LogP contribution in [0.3, 0.4) is 0 Å². The molecular formula is C55H36N2S. The molecule has 12 aromatic rings. The Kier molecular flexibility index (Phi) is 7.20. The van der Waals surface area contributed by atoms with Gasteiger partial charge in [-0.25, -0.2) is 0 Å². The van der Waals surface area contributed by atoms with E-state index in [1.54, 1.807) is 0 Å². The molecule has 0 N–H and O–H groups in total. The molecular weight excluding hydrogens is 721 g/mol. The molecule has 0 aliphatic carbocycles. The molecule has 0 amide bonds. The van der Waals surface area contributed by atoms with Gasteiger partial charge in [-0.1, -0.05) is 152 Å². The largest absolute Gasteiger partial charge is 0.307 e. The Balaban J connectivity index is 1.35. The summed E-state index contributed by atoms with van der Waals surface area (Å²) >= 11 is 1.87. The maximum atomic E-state index is 4.51. The van der Waals surface area contributed by atoms with E-state index in [9.17, 15) is 0 Å². The number of hydrogen-bond donors (Lipinski definition) is 0. The summed E-state index contributed by atoms with van der Waals surface area (Å²) in [5.41, 5.74) is 10.4. The molecule has 0 bridgehead atoms. The Morgan fingerprint density at radius 1 is 0.448 bits per heavy atom. The molecule has 0 radical (unpaired) electrons. The summed E-state index contributed by atoms with van der Waals surface area (Å²) in [4.78, 5) is 0. The number of fused-ring (bicyclic) bond motifs is 16. The average molecular weight is 757 g/mol. The molecule has 3 aromatic heterocycles. The van der Waals surface area contributed by atoms with Crippen LogP contribution < -0.4 is 0 Å². The van der Waals surface area contributed by atoms with Gasteiger partial charge >= 0.3 is 0 Å². The lowest BCUT2D eigenvalue weighted by atomic mass is 9.88. The van der Waals surface area contributed by atoms with Crippen molar-refractivity contribution in [3.8, 4) is 22.5 Å². The second-order valence-electron chi connectivity index (χ2n) is 15.2. The lowest BCUT2D eigenvalue weighted by molar-refractivity contribution is 1.10. The molecule has 0 spiro atoms. The predicted octanol–water partition coefficient (Wildman–Crippen LogP) is 15.9. The molecule has 9 aromatic carbocycles. The normalized spacial score (nSPS) is 12.2. The molecule has 58 heavy (non-hydrogen) atoms. The van der Waals surface area contributed by atoms with Crippen LogP contribution in [0.15, 0.2) is 183 Å². The van der Waals surface area contributed by atoms with Gasteiger partial charge in [0.15, 0.2) is 0 Å². The minimum atomic E-state index is 1.07. The Hall–Kier alpha value is -7.20. The van der Waals surface area contributed by atoms with E-state index in [0.717, 1.165) is 17.1 Å². The molecule has 0 saturated carbocycles. The van der Waals surface area contributed by atoms with E-state index in [2.05, 4.69) is 211 Å².